The molecule has 3 rings (SSSR count). The quantitative estimate of drug-likeness (QED) is 0.667. The van der Waals surface area contributed by atoms with Gasteiger partial charge in [0.25, 0.3) is 0 Å². The minimum atomic E-state index is 0.125. The predicted octanol–water partition coefficient (Wildman–Crippen LogP) is -0.164. The van der Waals surface area contributed by atoms with E-state index in [9.17, 15) is 4.79 Å². The van der Waals surface area contributed by atoms with Crippen LogP contribution >= 0.6 is 0 Å². The topological polar surface area (TPSA) is 47.6 Å². The van der Waals surface area contributed by atoms with E-state index >= 15 is 0 Å². The summed E-state index contributed by atoms with van der Waals surface area (Å²) < 4.78 is 0. The Hall–Kier alpha value is -0.810. The average molecular weight is 238 g/mol. The Morgan fingerprint density at radius 1 is 1.24 bits per heavy atom. The molecule has 0 aromatic rings. The highest BCUT2D eigenvalue weighted by atomic mass is 16.2. The minimum Gasteiger partial charge on any atom is -0.336 e. The zero-order valence-electron chi connectivity index (χ0n) is 10.7. The summed E-state index contributed by atoms with van der Waals surface area (Å²) in [6.45, 7) is 9.37. The maximum atomic E-state index is 11.5. The Kier molecular flexibility index (Phi) is 2.56. The van der Waals surface area contributed by atoms with Crippen molar-refractivity contribution in [1.82, 2.24) is 20.4 Å². The molecule has 3 saturated heterocycles. The van der Waals surface area contributed by atoms with Gasteiger partial charge in [0.2, 0.25) is 0 Å². The van der Waals surface area contributed by atoms with E-state index in [4.69, 9.17) is 0 Å². The van der Waals surface area contributed by atoms with Crippen LogP contribution in [0.4, 0.5) is 4.79 Å². The molecule has 0 aromatic heterocycles. The van der Waals surface area contributed by atoms with Crippen molar-refractivity contribution in [1.29, 1.82) is 0 Å². The molecule has 0 radical (unpaired) electrons. The fourth-order valence-electron chi connectivity index (χ4n) is 3.35. The van der Waals surface area contributed by atoms with Gasteiger partial charge < -0.3 is 15.5 Å². The summed E-state index contributed by atoms with van der Waals surface area (Å²) in [5.74, 6) is 0. The van der Waals surface area contributed by atoms with Crippen LogP contribution in [0.25, 0.3) is 0 Å². The number of carbonyl (C=O) groups excluding carboxylic acids is 1. The molecular formula is C12H22N4O. The molecule has 0 spiro atoms. The lowest BCUT2D eigenvalue weighted by molar-refractivity contribution is 0.0921. The molecule has 2 unspecified atom stereocenters. The van der Waals surface area contributed by atoms with Gasteiger partial charge in [0.15, 0.2) is 0 Å². The lowest BCUT2D eigenvalue weighted by atomic mass is 9.99. The smallest absolute Gasteiger partial charge is 0.317 e. The van der Waals surface area contributed by atoms with Crippen molar-refractivity contribution in [2.24, 2.45) is 0 Å². The van der Waals surface area contributed by atoms with E-state index in [2.05, 4.69) is 29.4 Å². The maximum absolute atomic E-state index is 11.5. The Labute approximate surface area is 103 Å². The summed E-state index contributed by atoms with van der Waals surface area (Å²) in [6.07, 6.45) is 1.21. The number of hydrogen-bond donors (Lipinski definition) is 2. The monoisotopic (exact) mass is 238 g/mol. The molecule has 2 atom stereocenters. The van der Waals surface area contributed by atoms with Crippen LogP contribution in [0.5, 0.6) is 0 Å². The highest BCUT2D eigenvalue weighted by molar-refractivity contribution is 5.77. The molecule has 3 aliphatic rings. The second-order valence-electron chi connectivity index (χ2n) is 6.15. The molecule has 96 valence electrons. The summed E-state index contributed by atoms with van der Waals surface area (Å²) in [5.41, 5.74) is 0.269. The molecule has 5 heteroatoms. The molecule has 2 N–H and O–H groups in total. The molecule has 17 heavy (non-hydrogen) atoms. The van der Waals surface area contributed by atoms with Gasteiger partial charge in [0, 0.05) is 44.3 Å². The standard InChI is InChI=1S/C12H22N4O/c1-12(2)5-9(7-14-12)15-3-4-16-10(8-15)6-13-11(16)17/h9-10,14H,3-8H2,1-2H3,(H,13,17). The van der Waals surface area contributed by atoms with E-state index in [0.29, 0.717) is 12.1 Å². The summed E-state index contributed by atoms with van der Waals surface area (Å²) in [6, 6.07) is 1.15. The van der Waals surface area contributed by atoms with Gasteiger partial charge in [0.05, 0.1) is 6.04 Å². The Morgan fingerprint density at radius 3 is 2.76 bits per heavy atom. The second kappa shape index (κ2) is 3.85. The summed E-state index contributed by atoms with van der Waals surface area (Å²) in [5, 5.41) is 6.51. The highest BCUT2D eigenvalue weighted by Gasteiger charge is 2.40. The molecule has 3 heterocycles. The summed E-state index contributed by atoms with van der Waals surface area (Å²) in [7, 11) is 0. The maximum Gasteiger partial charge on any atom is 0.317 e. The van der Waals surface area contributed by atoms with Gasteiger partial charge in [0.1, 0.15) is 0 Å². The van der Waals surface area contributed by atoms with Crippen molar-refractivity contribution in [3.63, 3.8) is 0 Å². The molecule has 2 amide bonds. The second-order valence-corrected chi connectivity index (χ2v) is 6.15. The highest BCUT2D eigenvalue weighted by Crippen LogP contribution is 2.25. The van der Waals surface area contributed by atoms with Crippen LogP contribution in [0, 0.1) is 0 Å². The van der Waals surface area contributed by atoms with Crippen molar-refractivity contribution in [2.75, 3.05) is 32.7 Å². The minimum absolute atomic E-state index is 0.125. The van der Waals surface area contributed by atoms with E-state index < -0.39 is 0 Å². The van der Waals surface area contributed by atoms with E-state index in [-0.39, 0.29) is 11.6 Å². The van der Waals surface area contributed by atoms with Crippen molar-refractivity contribution < 1.29 is 4.79 Å². The lowest BCUT2D eigenvalue weighted by Gasteiger charge is -2.39. The van der Waals surface area contributed by atoms with E-state index in [0.717, 1.165) is 32.7 Å². The van der Waals surface area contributed by atoms with Crippen LogP contribution in [-0.4, -0.2) is 66.2 Å². The predicted molar refractivity (Wildman–Crippen MR) is 66.0 cm³/mol. The molecule has 0 saturated carbocycles. The van der Waals surface area contributed by atoms with Crippen LogP contribution in [0.15, 0.2) is 0 Å². The Balaban J connectivity index is 1.62. The largest absolute Gasteiger partial charge is 0.336 e. The van der Waals surface area contributed by atoms with Crippen LogP contribution in [0.2, 0.25) is 0 Å². The van der Waals surface area contributed by atoms with Crippen LogP contribution < -0.4 is 10.6 Å². The molecule has 0 aromatic carbocycles. The molecule has 5 nitrogen and oxygen atoms in total. The Bertz CT molecular complexity index is 330. The van der Waals surface area contributed by atoms with E-state index in [1.807, 2.05) is 4.90 Å². The van der Waals surface area contributed by atoms with Gasteiger partial charge in [-0.15, -0.1) is 0 Å². The Morgan fingerprint density at radius 2 is 2.06 bits per heavy atom. The number of nitrogens with zero attached hydrogens (tertiary/aromatic N) is 2. The number of amides is 2. The molecule has 3 fully saturated rings. The van der Waals surface area contributed by atoms with Gasteiger partial charge in [-0.1, -0.05) is 0 Å². The van der Waals surface area contributed by atoms with Crippen molar-refractivity contribution >= 4 is 6.03 Å². The lowest BCUT2D eigenvalue weighted by Crippen LogP contribution is -2.55. The first-order valence-corrected chi connectivity index (χ1v) is 6.59. The SMILES string of the molecule is CC1(C)CC(N2CCN3C(=O)NCC3C2)CN1. The van der Waals surface area contributed by atoms with Gasteiger partial charge in [-0.25, -0.2) is 4.79 Å². The van der Waals surface area contributed by atoms with Crippen molar-refractivity contribution in [2.45, 2.75) is 37.9 Å². The first-order valence-electron chi connectivity index (χ1n) is 6.59. The van der Waals surface area contributed by atoms with E-state index in [1.54, 1.807) is 0 Å². The number of piperazine rings is 1. The number of rotatable bonds is 1. The zero-order valence-corrected chi connectivity index (χ0v) is 10.7. The number of nitrogens with one attached hydrogen (secondary N) is 2. The van der Waals surface area contributed by atoms with Crippen LogP contribution in [-0.2, 0) is 0 Å². The molecule has 0 aliphatic carbocycles. The van der Waals surface area contributed by atoms with Crippen LogP contribution in [0.3, 0.4) is 0 Å². The molecule has 0 bridgehead atoms. The van der Waals surface area contributed by atoms with Gasteiger partial charge in [-0.2, -0.15) is 0 Å². The fraction of sp³-hybridized carbons (Fsp3) is 0.917. The normalized spacial score (nSPS) is 37.1. The number of urea groups is 1. The third kappa shape index (κ3) is 2.02. The molecular weight excluding hydrogens is 216 g/mol. The summed E-state index contributed by atoms with van der Waals surface area (Å²) >= 11 is 0. The number of carbonyl (C=O) groups is 1. The first-order chi connectivity index (χ1) is 8.05. The van der Waals surface area contributed by atoms with Crippen molar-refractivity contribution in [3.05, 3.63) is 0 Å². The van der Waals surface area contributed by atoms with Gasteiger partial charge >= 0.3 is 6.03 Å². The fourth-order valence-corrected chi connectivity index (χ4v) is 3.35. The van der Waals surface area contributed by atoms with Crippen LogP contribution in [0.1, 0.15) is 20.3 Å². The van der Waals surface area contributed by atoms with Gasteiger partial charge in [-0.3, -0.25) is 4.90 Å². The first kappa shape index (κ1) is 11.3. The third-order valence-electron chi connectivity index (χ3n) is 4.34. The molecule has 3 aliphatic heterocycles. The zero-order chi connectivity index (χ0) is 12.0. The average Bonchev–Trinajstić information content (AvgIpc) is 2.82. The third-order valence-corrected chi connectivity index (χ3v) is 4.34. The summed E-state index contributed by atoms with van der Waals surface area (Å²) in [4.78, 5) is 16.1. The number of fused-ring (bicyclic) bond motifs is 1. The van der Waals surface area contributed by atoms with E-state index in [1.165, 1.54) is 6.42 Å². The number of hydrogen-bond acceptors (Lipinski definition) is 3. The van der Waals surface area contributed by atoms with Gasteiger partial charge in [-0.05, 0) is 20.3 Å². The van der Waals surface area contributed by atoms with Crippen molar-refractivity contribution in [3.8, 4) is 0 Å².